The summed E-state index contributed by atoms with van der Waals surface area (Å²) in [6, 6.07) is 17.0. The lowest BCUT2D eigenvalue weighted by Gasteiger charge is -2.26. The summed E-state index contributed by atoms with van der Waals surface area (Å²) in [5.41, 5.74) is 1.08. The van der Waals surface area contributed by atoms with Crippen molar-refractivity contribution in [1.82, 2.24) is 4.31 Å². The van der Waals surface area contributed by atoms with Gasteiger partial charge >= 0.3 is 0 Å². The molecule has 3 aromatic rings. The van der Waals surface area contributed by atoms with E-state index in [1.54, 1.807) is 6.07 Å². The van der Waals surface area contributed by atoms with Crippen LogP contribution in [0.25, 0.3) is 0 Å². The number of sulfonamides is 1. The molecule has 10 heteroatoms. The highest BCUT2D eigenvalue weighted by Crippen LogP contribution is 2.34. The maximum Gasteiger partial charge on any atom is 0.265 e. The Balaban J connectivity index is 1.44. The molecule has 0 bridgehead atoms. The number of para-hydroxylation sites is 1. The highest BCUT2D eigenvalue weighted by Gasteiger charge is 2.31. The Morgan fingerprint density at radius 2 is 1.77 bits per heavy atom. The second-order valence-electron chi connectivity index (χ2n) is 8.14. The molecule has 1 amide bonds. The van der Waals surface area contributed by atoms with Gasteiger partial charge in [0.1, 0.15) is 17.3 Å². The van der Waals surface area contributed by atoms with Gasteiger partial charge in [-0.15, -0.1) is 0 Å². The number of anilines is 1. The van der Waals surface area contributed by atoms with Crippen LogP contribution in [0.5, 0.6) is 17.2 Å². The van der Waals surface area contributed by atoms with Gasteiger partial charge in [-0.25, -0.2) is 12.8 Å². The molecule has 1 atom stereocenters. The van der Waals surface area contributed by atoms with Gasteiger partial charge in [0.2, 0.25) is 10.0 Å². The Morgan fingerprint density at radius 3 is 2.51 bits per heavy atom. The molecule has 0 radical (unpaired) electrons. The molecule has 0 spiro atoms. The molecular formula is C25H23FN2O6S. The van der Waals surface area contributed by atoms with Gasteiger partial charge in [0.05, 0.1) is 23.8 Å². The number of amides is 1. The van der Waals surface area contributed by atoms with E-state index in [1.165, 1.54) is 46.8 Å². The maximum atomic E-state index is 13.3. The first-order valence-corrected chi connectivity index (χ1v) is 12.5. The van der Waals surface area contributed by atoms with Crippen LogP contribution in [0.1, 0.15) is 5.56 Å². The summed E-state index contributed by atoms with van der Waals surface area (Å²) in [6.45, 7) is 1.11. The minimum Gasteiger partial charge on any atom is -0.480 e. The van der Waals surface area contributed by atoms with Crippen molar-refractivity contribution in [3.05, 3.63) is 78.1 Å². The molecule has 5 rings (SSSR count). The van der Waals surface area contributed by atoms with E-state index in [0.717, 1.165) is 5.56 Å². The largest absolute Gasteiger partial charge is 0.480 e. The Bertz CT molecular complexity index is 1320. The van der Waals surface area contributed by atoms with E-state index in [0.29, 0.717) is 31.1 Å². The Labute approximate surface area is 202 Å². The molecule has 1 fully saturated rings. The average molecular weight is 499 g/mol. The number of nitrogens with one attached hydrogen (secondary N) is 1. The van der Waals surface area contributed by atoms with Crippen molar-refractivity contribution in [3.63, 3.8) is 0 Å². The summed E-state index contributed by atoms with van der Waals surface area (Å²) in [6.07, 6.45) is -0.382. The van der Waals surface area contributed by atoms with E-state index in [1.807, 2.05) is 18.2 Å². The normalized spacial score (nSPS) is 17.9. The van der Waals surface area contributed by atoms with Crippen molar-refractivity contribution in [2.45, 2.75) is 17.4 Å². The van der Waals surface area contributed by atoms with Crippen LogP contribution in [0, 0.1) is 5.82 Å². The summed E-state index contributed by atoms with van der Waals surface area (Å²) in [5, 5.41) is 2.76. The third kappa shape index (κ3) is 5.00. The molecule has 2 aliphatic rings. The monoisotopic (exact) mass is 498 g/mol. The number of fused-ring (bicyclic) bond motifs is 1. The third-order valence-electron chi connectivity index (χ3n) is 5.80. The standard InChI is InChI=1S/C25H23FN2O6S/c26-18-5-7-19(8-6-18)33-23-10-9-20(35(30,31)28-11-13-32-14-12-28)16-21(23)27-25(29)24-15-17-3-1-2-4-22(17)34-24/h1-10,16,24H,11-15H2,(H,27,29)/t24-/m0/s1. The second kappa shape index (κ2) is 9.65. The highest BCUT2D eigenvalue weighted by molar-refractivity contribution is 7.89. The van der Waals surface area contributed by atoms with Gasteiger partial charge in [-0.05, 0) is 54.1 Å². The molecule has 182 valence electrons. The van der Waals surface area contributed by atoms with E-state index in [4.69, 9.17) is 14.2 Å². The number of ether oxygens (including phenoxy) is 3. The van der Waals surface area contributed by atoms with E-state index >= 15 is 0 Å². The minimum atomic E-state index is -3.81. The molecule has 0 saturated carbocycles. The van der Waals surface area contributed by atoms with Gasteiger partial charge in [0.25, 0.3) is 5.91 Å². The van der Waals surface area contributed by atoms with Crippen molar-refractivity contribution in [3.8, 4) is 17.2 Å². The summed E-state index contributed by atoms with van der Waals surface area (Å²) in [5.74, 6) is 0.317. The van der Waals surface area contributed by atoms with Crippen LogP contribution in [-0.4, -0.2) is 51.0 Å². The van der Waals surface area contributed by atoms with Crippen LogP contribution in [0.4, 0.5) is 10.1 Å². The van der Waals surface area contributed by atoms with Crippen molar-refractivity contribution < 1.29 is 31.8 Å². The molecular weight excluding hydrogens is 475 g/mol. The average Bonchev–Trinajstić information content (AvgIpc) is 3.31. The number of carbonyl (C=O) groups is 1. The number of benzene rings is 3. The Morgan fingerprint density at radius 1 is 1.03 bits per heavy atom. The molecule has 8 nitrogen and oxygen atoms in total. The number of halogens is 1. The SMILES string of the molecule is O=C(Nc1cc(S(=O)(=O)N2CCOCC2)ccc1Oc1ccc(F)cc1)[C@@H]1Cc2ccccc2O1. The zero-order valence-corrected chi connectivity index (χ0v) is 19.5. The molecule has 0 unspecified atom stereocenters. The number of hydrogen-bond acceptors (Lipinski definition) is 6. The van der Waals surface area contributed by atoms with Gasteiger partial charge in [-0.1, -0.05) is 18.2 Å². The van der Waals surface area contributed by atoms with Crippen LogP contribution in [0.2, 0.25) is 0 Å². The van der Waals surface area contributed by atoms with Gasteiger partial charge in [0.15, 0.2) is 11.9 Å². The zero-order chi connectivity index (χ0) is 24.4. The fourth-order valence-corrected chi connectivity index (χ4v) is 5.40. The summed E-state index contributed by atoms with van der Waals surface area (Å²) in [4.78, 5) is 13.1. The quantitative estimate of drug-likeness (QED) is 0.558. The highest BCUT2D eigenvalue weighted by atomic mass is 32.2. The molecule has 2 heterocycles. The second-order valence-corrected chi connectivity index (χ2v) is 10.1. The smallest absolute Gasteiger partial charge is 0.265 e. The van der Waals surface area contributed by atoms with Crippen LogP contribution in [0.3, 0.4) is 0 Å². The van der Waals surface area contributed by atoms with E-state index in [-0.39, 0.29) is 29.4 Å². The third-order valence-corrected chi connectivity index (χ3v) is 7.69. The number of nitrogens with zero attached hydrogens (tertiary/aromatic N) is 1. The minimum absolute atomic E-state index is 0.0109. The van der Waals surface area contributed by atoms with Crippen molar-refractivity contribution in [2.24, 2.45) is 0 Å². The van der Waals surface area contributed by atoms with Gasteiger partial charge in [-0.3, -0.25) is 4.79 Å². The summed E-state index contributed by atoms with van der Waals surface area (Å²) >= 11 is 0. The fraction of sp³-hybridized carbons (Fsp3) is 0.240. The number of hydrogen-bond donors (Lipinski definition) is 1. The molecule has 0 aromatic heterocycles. The van der Waals surface area contributed by atoms with Crippen LogP contribution >= 0.6 is 0 Å². The maximum absolute atomic E-state index is 13.3. The number of morpholine rings is 1. The van der Waals surface area contributed by atoms with Crippen LogP contribution < -0.4 is 14.8 Å². The van der Waals surface area contributed by atoms with E-state index < -0.39 is 27.9 Å². The number of carbonyl (C=O) groups excluding carboxylic acids is 1. The van der Waals surface area contributed by atoms with Gasteiger partial charge < -0.3 is 19.5 Å². The first kappa shape index (κ1) is 23.3. The molecule has 35 heavy (non-hydrogen) atoms. The van der Waals surface area contributed by atoms with Crippen LogP contribution in [0.15, 0.2) is 71.6 Å². The van der Waals surface area contributed by atoms with E-state index in [9.17, 15) is 17.6 Å². The van der Waals surface area contributed by atoms with Gasteiger partial charge in [-0.2, -0.15) is 4.31 Å². The fourth-order valence-electron chi connectivity index (χ4n) is 3.96. The van der Waals surface area contributed by atoms with E-state index in [2.05, 4.69) is 5.32 Å². The lowest BCUT2D eigenvalue weighted by Crippen LogP contribution is -2.40. The Hall–Kier alpha value is -3.47. The Kier molecular flexibility index (Phi) is 6.42. The first-order chi connectivity index (χ1) is 16.9. The first-order valence-electron chi connectivity index (χ1n) is 11.1. The van der Waals surface area contributed by atoms with Crippen molar-refractivity contribution >= 4 is 21.6 Å². The molecule has 2 aliphatic heterocycles. The van der Waals surface area contributed by atoms with Gasteiger partial charge in [0, 0.05) is 19.5 Å². The molecule has 1 N–H and O–H groups in total. The molecule has 1 saturated heterocycles. The molecule has 0 aliphatic carbocycles. The summed E-state index contributed by atoms with van der Waals surface area (Å²) in [7, 11) is -3.81. The van der Waals surface area contributed by atoms with Crippen LogP contribution in [-0.2, 0) is 26.0 Å². The molecule has 3 aromatic carbocycles. The van der Waals surface area contributed by atoms with Crippen molar-refractivity contribution in [1.29, 1.82) is 0 Å². The zero-order valence-electron chi connectivity index (χ0n) is 18.6. The lowest BCUT2D eigenvalue weighted by molar-refractivity contribution is -0.122. The lowest BCUT2D eigenvalue weighted by atomic mass is 10.1. The predicted octanol–water partition coefficient (Wildman–Crippen LogP) is 3.58. The van der Waals surface area contributed by atoms with Crippen molar-refractivity contribution in [2.75, 3.05) is 31.6 Å². The topological polar surface area (TPSA) is 94.2 Å². The summed E-state index contributed by atoms with van der Waals surface area (Å²) < 4.78 is 57.9. The predicted molar refractivity (Wildman–Crippen MR) is 126 cm³/mol. The number of rotatable bonds is 6.